The molecular weight excluding hydrogens is 258 g/mol. The molecule has 0 bridgehead atoms. The Kier molecular flexibility index (Phi) is 1.92. The van der Waals surface area contributed by atoms with Gasteiger partial charge in [-0.15, -0.1) is 4.37 Å². The van der Waals surface area contributed by atoms with Gasteiger partial charge in [-0.1, -0.05) is 32.0 Å². The molecule has 19 heavy (non-hydrogen) atoms. The lowest BCUT2D eigenvalue weighted by molar-refractivity contribution is 0.294. The lowest BCUT2D eigenvalue weighted by Gasteiger charge is -2.22. The molecule has 2 rings (SSSR count). The van der Waals surface area contributed by atoms with Gasteiger partial charge in [-0.3, -0.25) is 0 Å². The number of rotatable bonds is 7. The first kappa shape index (κ1) is 4.81. The van der Waals surface area contributed by atoms with Gasteiger partial charge in [0.2, 0.25) is 0 Å². The first-order valence-electron chi connectivity index (χ1n) is 12.7. The van der Waals surface area contributed by atoms with Crippen LogP contribution in [0.25, 0.3) is 5.57 Å². The second-order valence-corrected chi connectivity index (χ2v) is 4.22. The quantitative estimate of drug-likeness (QED) is 0.774. The zero-order valence-electron chi connectivity index (χ0n) is 24.1. The van der Waals surface area contributed by atoms with Crippen LogP contribution < -0.4 is 4.74 Å². The molecule has 0 saturated carbocycles. The molecule has 1 aromatic heterocycles. The number of aromatic nitrogens is 2. The smallest absolute Gasteiger partial charge is 0.253 e. The van der Waals surface area contributed by atoms with Crippen LogP contribution in [0.3, 0.4) is 0 Å². The van der Waals surface area contributed by atoms with Crippen LogP contribution in [0.5, 0.6) is 5.88 Å². The number of likely N-dealkylation sites (N-methyl/N-ethyl adjacent to an activating group) is 1. The highest BCUT2D eigenvalue weighted by Gasteiger charge is 2.18. The maximum Gasteiger partial charge on any atom is 0.253 e. The van der Waals surface area contributed by atoms with Crippen LogP contribution in [-0.2, 0) is 0 Å². The molecule has 0 aliphatic carbocycles. The first-order chi connectivity index (χ1) is 14.7. The first-order valence-corrected chi connectivity index (χ1v) is 6.20. The molecule has 0 spiro atoms. The van der Waals surface area contributed by atoms with Crippen molar-refractivity contribution in [3.63, 3.8) is 0 Å². The third kappa shape index (κ3) is 4.28. The van der Waals surface area contributed by atoms with Gasteiger partial charge in [-0.2, -0.15) is 4.37 Å². The van der Waals surface area contributed by atoms with Crippen LogP contribution in [-0.4, -0.2) is 40.3 Å². The molecule has 5 heteroatoms. The minimum atomic E-state index is -4.02. The number of nitrogens with zero attached hydrogens (tertiary/aromatic N) is 3. The molecule has 0 aromatic carbocycles. The molecule has 1 aliphatic heterocycles. The summed E-state index contributed by atoms with van der Waals surface area (Å²) in [6, 6.07) is 0. The van der Waals surface area contributed by atoms with Crippen molar-refractivity contribution in [1.29, 1.82) is 0 Å². The van der Waals surface area contributed by atoms with Crippen LogP contribution in [0.1, 0.15) is 63.6 Å². The summed E-state index contributed by atoms with van der Waals surface area (Å²) >= 11 is 0.618. The van der Waals surface area contributed by atoms with Gasteiger partial charge in [0.1, 0.15) is 5.69 Å². The average molecular weight is 296 g/mol. The second-order valence-electron chi connectivity index (χ2n) is 3.69. The molecule has 1 aliphatic rings. The van der Waals surface area contributed by atoms with E-state index in [1.807, 2.05) is 0 Å². The molecule has 106 valence electrons. The Labute approximate surface area is 139 Å². The maximum absolute atomic E-state index is 8.06. The Balaban J connectivity index is 2.42. The van der Waals surface area contributed by atoms with E-state index in [1.54, 1.807) is 11.0 Å². The summed E-state index contributed by atoms with van der Waals surface area (Å²) in [6.07, 6.45) is -13.5. The van der Waals surface area contributed by atoms with Crippen LogP contribution in [0.15, 0.2) is 6.08 Å². The van der Waals surface area contributed by atoms with E-state index >= 15 is 0 Å². The molecule has 0 atom stereocenters. The van der Waals surface area contributed by atoms with Crippen molar-refractivity contribution in [2.75, 3.05) is 26.7 Å². The fraction of sp³-hybridized carbons (Fsp3) is 0.714. The second kappa shape index (κ2) is 7.60. The van der Waals surface area contributed by atoms with E-state index in [9.17, 15) is 0 Å². The van der Waals surface area contributed by atoms with Crippen molar-refractivity contribution in [3.05, 3.63) is 11.8 Å². The highest BCUT2D eigenvalue weighted by Crippen LogP contribution is 2.27. The molecule has 1 aromatic rings. The van der Waals surface area contributed by atoms with Gasteiger partial charge < -0.3 is 9.64 Å². The third-order valence-electron chi connectivity index (χ3n) is 2.38. The summed E-state index contributed by atoms with van der Waals surface area (Å²) in [5, 5.41) is 0. The Morgan fingerprint density at radius 3 is 3.37 bits per heavy atom. The van der Waals surface area contributed by atoms with Gasteiger partial charge in [-0.25, -0.2) is 0 Å². The van der Waals surface area contributed by atoms with Gasteiger partial charge in [0.25, 0.3) is 5.88 Å². The molecule has 0 fully saturated rings. The zero-order chi connectivity index (χ0) is 25.7. The number of hydrogen-bond donors (Lipinski definition) is 0. The molecule has 2 heterocycles. The normalized spacial score (nSPS) is 31.7. The van der Waals surface area contributed by atoms with Crippen LogP contribution in [0.4, 0.5) is 0 Å². The van der Waals surface area contributed by atoms with E-state index in [0.717, 1.165) is 0 Å². The number of ether oxygens (including phenoxy) is 1. The third-order valence-corrected chi connectivity index (χ3v) is 2.89. The van der Waals surface area contributed by atoms with E-state index < -0.39 is 44.8 Å². The fourth-order valence-electron chi connectivity index (χ4n) is 1.58. The molecule has 0 saturated heterocycles. The number of hydrogen-bond acceptors (Lipinski definition) is 5. The Hall–Kier alpha value is -0.940. The van der Waals surface area contributed by atoms with Crippen LogP contribution in [0.2, 0.25) is 0 Å². The standard InChI is InChI=1S/C14H23N3OS/c1-3-4-5-6-10-18-14-13(15-19-16-14)12-8-7-9-17(2)11-12/h8H,3-7,9-11H2,1-2H3/i1D3,2D,3D2,4D2,5D2,6D2,10D2. The summed E-state index contributed by atoms with van der Waals surface area (Å²) in [4.78, 5) is 1.75. The molecule has 0 radical (unpaired) electrons. The predicted molar refractivity (Wildman–Crippen MR) is 79.6 cm³/mol. The summed E-state index contributed by atoms with van der Waals surface area (Å²) in [6.45, 7) is -6.41. The van der Waals surface area contributed by atoms with Crippen molar-refractivity contribution in [1.82, 2.24) is 13.6 Å². The Morgan fingerprint density at radius 2 is 2.47 bits per heavy atom. The SMILES string of the molecule is [2H]CN1CCC=C(c2nsnc2OC([2H])([2H])C([2H])([2H])C([2H])([2H])C([2H])([2H])C([2H])([2H])C([2H])([2H])[2H])C1. The summed E-state index contributed by atoms with van der Waals surface area (Å²) in [5.74, 6) is -0.484. The topological polar surface area (TPSA) is 38.2 Å². The van der Waals surface area contributed by atoms with Gasteiger partial charge >= 0.3 is 0 Å². The van der Waals surface area contributed by atoms with Crippen LogP contribution >= 0.6 is 11.7 Å². The molecule has 0 amide bonds. The van der Waals surface area contributed by atoms with Gasteiger partial charge in [0.15, 0.2) is 0 Å². The van der Waals surface area contributed by atoms with Crippen molar-refractivity contribution < 1.29 is 23.9 Å². The highest BCUT2D eigenvalue weighted by molar-refractivity contribution is 6.99. The van der Waals surface area contributed by atoms with Gasteiger partial charge in [-0.05, 0) is 25.4 Å². The Bertz CT molecular complexity index is 881. The molecule has 4 nitrogen and oxygen atoms in total. The summed E-state index contributed by atoms with van der Waals surface area (Å²) in [7, 11) is -0.00471. The molecule has 0 unspecified atom stereocenters. The summed E-state index contributed by atoms with van der Waals surface area (Å²) < 4.78 is 121. The largest absolute Gasteiger partial charge is 0.475 e. The van der Waals surface area contributed by atoms with Crippen molar-refractivity contribution in [2.45, 2.75) is 38.8 Å². The molecule has 0 N–H and O–H groups in total. The predicted octanol–water partition coefficient (Wildman–Crippen LogP) is 3.22. The van der Waals surface area contributed by atoms with Gasteiger partial charge in [0.05, 0.1) is 21.0 Å². The van der Waals surface area contributed by atoms with E-state index in [2.05, 4.69) is 8.75 Å². The summed E-state index contributed by atoms with van der Waals surface area (Å²) in [5.41, 5.74) is 0.588. The lowest BCUT2D eigenvalue weighted by Crippen LogP contribution is -2.25. The minimum absolute atomic E-state index is 0.00471. The minimum Gasteiger partial charge on any atom is -0.475 e. The monoisotopic (exact) mass is 295 g/mol. The van der Waals surface area contributed by atoms with Gasteiger partial charge in [0, 0.05) is 29.5 Å². The van der Waals surface area contributed by atoms with E-state index in [4.69, 9.17) is 23.9 Å². The van der Waals surface area contributed by atoms with E-state index in [0.29, 0.717) is 30.3 Å². The molecular formula is C14H23N3OS. The van der Waals surface area contributed by atoms with E-state index in [-0.39, 0.29) is 19.3 Å². The van der Waals surface area contributed by atoms with Crippen molar-refractivity contribution in [2.24, 2.45) is 0 Å². The highest BCUT2D eigenvalue weighted by atomic mass is 32.1. The van der Waals surface area contributed by atoms with Crippen molar-refractivity contribution in [3.8, 4) is 5.88 Å². The maximum atomic E-state index is 8.06. The van der Waals surface area contributed by atoms with Crippen LogP contribution in [0, 0.1) is 0 Å². The van der Waals surface area contributed by atoms with E-state index in [1.165, 1.54) is 0 Å². The zero-order valence-corrected chi connectivity index (χ0v) is 10.9. The average Bonchev–Trinajstić information content (AvgIpc) is 3.13. The Morgan fingerprint density at radius 1 is 1.47 bits per heavy atom. The fourth-order valence-corrected chi connectivity index (χ4v) is 2.10. The lowest BCUT2D eigenvalue weighted by atomic mass is 10.1. The van der Waals surface area contributed by atoms with Crippen molar-refractivity contribution >= 4 is 17.3 Å².